The number of ether oxygens (including phenoxy) is 1. The fourth-order valence-corrected chi connectivity index (χ4v) is 3.21. The zero-order chi connectivity index (χ0) is 17.9. The van der Waals surface area contributed by atoms with Gasteiger partial charge in [0.25, 0.3) is 0 Å². The number of pyridine rings is 1. The highest BCUT2D eigenvalue weighted by atomic mass is 16.5. The first-order valence-electron chi connectivity index (χ1n) is 9.05. The molecule has 1 aromatic carbocycles. The van der Waals surface area contributed by atoms with Crippen molar-refractivity contribution >= 4 is 5.57 Å². The zero-order valence-electron chi connectivity index (χ0n) is 15.7. The van der Waals surface area contributed by atoms with Crippen molar-refractivity contribution in [3.63, 3.8) is 0 Å². The molecule has 1 aliphatic heterocycles. The third-order valence-electron chi connectivity index (χ3n) is 4.74. The smallest absolute Gasteiger partial charge is 0.213 e. The Hall–Kier alpha value is -2.13. The lowest BCUT2D eigenvalue weighted by molar-refractivity contribution is 0.397. The van der Waals surface area contributed by atoms with E-state index in [-0.39, 0.29) is 5.41 Å². The maximum Gasteiger partial charge on any atom is 0.213 e. The normalized spacial score (nSPS) is 18.4. The molecule has 1 atom stereocenters. The topological polar surface area (TPSA) is 34.1 Å². The molecule has 132 valence electrons. The van der Waals surface area contributed by atoms with E-state index in [4.69, 9.17) is 4.74 Å². The molecule has 0 radical (unpaired) electrons. The molecule has 25 heavy (non-hydrogen) atoms. The summed E-state index contributed by atoms with van der Waals surface area (Å²) in [5, 5.41) is 3.56. The third-order valence-corrected chi connectivity index (χ3v) is 4.74. The molecular formula is C22H28N2O. The minimum atomic E-state index is 0.156. The van der Waals surface area contributed by atoms with Gasteiger partial charge in [-0.1, -0.05) is 57.2 Å². The average molecular weight is 336 g/mol. The zero-order valence-corrected chi connectivity index (χ0v) is 15.7. The van der Waals surface area contributed by atoms with Crippen molar-refractivity contribution < 1.29 is 4.74 Å². The standard InChI is InChI=1S/C22H28N2O/c1-22(2,3)17-12-10-16(11-13-17)19(15-18-7-6-14-23-18)20-8-5-9-21(24-20)25-4/h5,8-13,15,18,23H,6-7,14H2,1-4H3/b19-15+/t18-/m1/s1. The number of hydrogen-bond donors (Lipinski definition) is 1. The summed E-state index contributed by atoms with van der Waals surface area (Å²) < 4.78 is 5.32. The highest BCUT2D eigenvalue weighted by molar-refractivity contribution is 5.78. The van der Waals surface area contributed by atoms with Gasteiger partial charge in [0.2, 0.25) is 5.88 Å². The molecule has 0 unspecified atom stereocenters. The van der Waals surface area contributed by atoms with Gasteiger partial charge >= 0.3 is 0 Å². The molecule has 0 aliphatic carbocycles. The minimum absolute atomic E-state index is 0.156. The van der Waals surface area contributed by atoms with Crippen molar-refractivity contribution in [3.8, 4) is 5.88 Å². The van der Waals surface area contributed by atoms with Gasteiger partial charge in [0.05, 0.1) is 12.8 Å². The van der Waals surface area contributed by atoms with Crippen LogP contribution in [0.5, 0.6) is 5.88 Å². The monoisotopic (exact) mass is 336 g/mol. The first kappa shape index (κ1) is 17.7. The van der Waals surface area contributed by atoms with Crippen LogP contribution < -0.4 is 10.1 Å². The summed E-state index contributed by atoms with van der Waals surface area (Å²) in [6, 6.07) is 15.2. The lowest BCUT2D eigenvalue weighted by Crippen LogP contribution is -2.19. The summed E-state index contributed by atoms with van der Waals surface area (Å²) in [7, 11) is 1.66. The van der Waals surface area contributed by atoms with Crippen LogP contribution in [0.2, 0.25) is 0 Å². The van der Waals surface area contributed by atoms with Crippen LogP contribution in [-0.4, -0.2) is 24.7 Å². The molecule has 0 spiro atoms. The second kappa shape index (κ2) is 7.40. The number of nitrogens with zero attached hydrogens (tertiary/aromatic N) is 1. The van der Waals surface area contributed by atoms with Gasteiger partial charge in [-0.25, -0.2) is 4.98 Å². The molecule has 1 aliphatic rings. The van der Waals surface area contributed by atoms with Crippen LogP contribution in [0.4, 0.5) is 0 Å². The molecule has 2 aromatic rings. The maximum absolute atomic E-state index is 5.32. The Morgan fingerprint density at radius 1 is 1.16 bits per heavy atom. The van der Waals surface area contributed by atoms with E-state index >= 15 is 0 Å². The predicted molar refractivity (Wildman–Crippen MR) is 104 cm³/mol. The Morgan fingerprint density at radius 3 is 2.52 bits per heavy atom. The van der Waals surface area contributed by atoms with Crippen LogP contribution >= 0.6 is 0 Å². The minimum Gasteiger partial charge on any atom is -0.481 e. The Labute approximate surface area is 151 Å². The van der Waals surface area contributed by atoms with Gasteiger partial charge in [0.15, 0.2) is 0 Å². The summed E-state index contributed by atoms with van der Waals surface area (Å²) in [5.41, 5.74) is 4.81. The van der Waals surface area contributed by atoms with Crippen LogP contribution in [0.1, 0.15) is 50.4 Å². The molecule has 0 saturated carbocycles. The SMILES string of the molecule is COc1cccc(/C(=C/[C@H]2CCCN2)c2ccc(C(C)(C)C)cc2)n1. The van der Waals surface area contributed by atoms with Crippen molar-refractivity contribution in [2.24, 2.45) is 0 Å². The van der Waals surface area contributed by atoms with Gasteiger partial charge in [0, 0.05) is 17.7 Å². The third kappa shape index (κ3) is 4.29. The van der Waals surface area contributed by atoms with Crippen LogP contribution in [0, 0.1) is 0 Å². The number of nitrogens with one attached hydrogen (secondary N) is 1. The number of methoxy groups -OCH3 is 1. The summed E-state index contributed by atoms with van der Waals surface area (Å²) in [4.78, 5) is 4.66. The van der Waals surface area contributed by atoms with Crippen LogP contribution in [0.25, 0.3) is 5.57 Å². The molecule has 1 fully saturated rings. The van der Waals surface area contributed by atoms with Crippen LogP contribution in [0.3, 0.4) is 0 Å². The van der Waals surface area contributed by atoms with Gasteiger partial charge in [0.1, 0.15) is 0 Å². The highest BCUT2D eigenvalue weighted by Crippen LogP contribution is 2.28. The van der Waals surface area contributed by atoms with E-state index < -0.39 is 0 Å². The fourth-order valence-electron chi connectivity index (χ4n) is 3.21. The van der Waals surface area contributed by atoms with E-state index in [2.05, 4.69) is 67.5 Å². The van der Waals surface area contributed by atoms with Crippen LogP contribution in [0.15, 0.2) is 48.5 Å². The van der Waals surface area contributed by atoms with Crippen molar-refractivity contribution in [1.29, 1.82) is 0 Å². The molecule has 2 heterocycles. The molecule has 0 amide bonds. The Bertz CT molecular complexity index is 735. The summed E-state index contributed by atoms with van der Waals surface area (Å²) in [6.07, 6.45) is 4.72. The summed E-state index contributed by atoms with van der Waals surface area (Å²) in [5.74, 6) is 0.647. The molecule has 1 aromatic heterocycles. The number of aromatic nitrogens is 1. The molecule has 0 bridgehead atoms. The van der Waals surface area contributed by atoms with Crippen molar-refractivity contribution in [1.82, 2.24) is 10.3 Å². The second-order valence-electron chi connectivity index (χ2n) is 7.68. The first-order chi connectivity index (χ1) is 12.0. The van der Waals surface area contributed by atoms with E-state index in [1.54, 1.807) is 7.11 Å². The Kier molecular flexibility index (Phi) is 5.24. The first-order valence-corrected chi connectivity index (χ1v) is 9.05. The molecular weight excluding hydrogens is 308 g/mol. The lowest BCUT2D eigenvalue weighted by atomic mass is 9.86. The summed E-state index contributed by atoms with van der Waals surface area (Å²) >= 11 is 0. The van der Waals surface area contributed by atoms with E-state index in [0.717, 1.165) is 12.2 Å². The van der Waals surface area contributed by atoms with Gasteiger partial charge < -0.3 is 10.1 Å². The van der Waals surface area contributed by atoms with E-state index in [0.29, 0.717) is 11.9 Å². The molecule has 3 nitrogen and oxygen atoms in total. The largest absolute Gasteiger partial charge is 0.481 e. The predicted octanol–water partition coefficient (Wildman–Crippen LogP) is 4.57. The van der Waals surface area contributed by atoms with Gasteiger partial charge in [-0.15, -0.1) is 0 Å². The number of benzene rings is 1. The fraction of sp³-hybridized carbons (Fsp3) is 0.409. The second-order valence-corrected chi connectivity index (χ2v) is 7.68. The number of rotatable bonds is 4. The lowest BCUT2D eigenvalue weighted by Gasteiger charge is -2.20. The van der Waals surface area contributed by atoms with Gasteiger partial charge in [-0.05, 0) is 42.0 Å². The summed E-state index contributed by atoms with van der Waals surface area (Å²) in [6.45, 7) is 7.81. The van der Waals surface area contributed by atoms with Crippen molar-refractivity contribution in [2.75, 3.05) is 13.7 Å². The molecule has 3 rings (SSSR count). The molecule has 1 N–H and O–H groups in total. The Balaban J connectivity index is 2.01. The van der Waals surface area contributed by atoms with Crippen molar-refractivity contribution in [3.05, 3.63) is 65.4 Å². The van der Waals surface area contributed by atoms with Gasteiger partial charge in [-0.2, -0.15) is 0 Å². The van der Waals surface area contributed by atoms with Crippen LogP contribution in [-0.2, 0) is 5.41 Å². The number of hydrogen-bond acceptors (Lipinski definition) is 3. The van der Waals surface area contributed by atoms with E-state index in [9.17, 15) is 0 Å². The molecule has 3 heteroatoms. The van der Waals surface area contributed by atoms with Gasteiger partial charge in [-0.3, -0.25) is 0 Å². The van der Waals surface area contributed by atoms with Crippen molar-refractivity contribution in [2.45, 2.75) is 45.1 Å². The Morgan fingerprint density at radius 2 is 1.92 bits per heavy atom. The van der Waals surface area contributed by atoms with E-state index in [1.807, 2.05) is 12.1 Å². The quantitative estimate of drug-likeness (QED) is 0.888. The maximum atomic E-state index is 5.32. The average Bonchev–Trinajstić information content (AvgIpc) is 3.12. The highest BCUT2D eigenvalue weighted by Gasteiger charge is 2.17. The van der Waals surface area contributed by atoms with E-state index in [1.165, 1.54) is 29.5 Å². The molecule has 1 saturated heterocycles.